The molecule has 6 aromatic carbocycles. The molecule has 33 nitrogen and oxygen atoms in total. The molecule has 0 saturated carbocycles. The largest absolute Gasteiger partial charge is 0.549 e. The number of methoxy groups -OCH3 is 2. The highest BCUT2D eigenvalue weighted by Gasteiger charge is 2.40. The van der Waals surface area contributed by atoms with Gasteiger partial charge in [0.1, 0.15) is 33.8 Å². The highest BCUT2D eigenvalue weighted by Crippen LogP contribution is 2.40. The van der Waals surface area contributed by atoms with Crippen LogP contribution in [0.2, 0.25) is 36.3 Å². The summed E-state index contributed by atoms with van der Waals surface area (Å²) in [5.41, 5.74) is 6.09. The SMILES string of the molecule is CC.CC.CC.CC.CC.CC.CC[Si](OC)(OC)OC.CC[Si](OC)(OC)OC.CC[Si](OC)(OC)OC.CC[Si](OC)(OC)OC.CO[Si](CCCN)(OC)OC.COc1ccc2oc3ccc4c(=O)n(CCC[Si](OC)(OC)OC)c(=O)c5ccc(c2c1)c3c45.COc1ccc2oc3ccc4c(=O)oc(=O)c5ccc(c2c1)c3c45.O=[Si]=O.O=[Si]=O. The van der Waals surface area contributed by atoms with Crippen LogP contribution in [-0.4, -0.2) is 225 Å². The van der Waals surface area contributed by atoms with Gasteiger partial charge in [0.15, 0.2) is 0 Å². The number of rotatable bonds is 31. The Labute approximate surface area is 737 Å². The Morgan fingerprint density at radius 2 is 0.520 bits per heavy atom. The van der Waals surface area contributed by atoms with Gasteiger partial charge in [-0.05, 0) is 103 Å². The monoisotopic (exact) mass is 1880 g/mol. The fourth-order valence-corrected chi connectivity index (χ4v) is 20.7. The highest BCUT2D eigenvalue weighted by atomic mass is 28.4. The molecule has 0 spiro atoms. The molecule has 0 bridgehead atoms. The van der Waals surface area contributed by atoms with Crippen molar-refractivity contribution in [2.45, 2.75) is 166 Å². The molecule has 0 atom stereocenters. The predicted molar refractivity (Wildman–Crippen MR) is 501 cm³/mol. The molecule has 0 aliphatic heterocycles. The standard InChI is InChI=1S/C25H25NO7Si.C19H10O5.C6H17NO3Si.4C5H14O3Si.6C2H6.2O2Si/c1-29-15-6-10-20-19(14-15)16-7-8-17-22-18(9-11-21(33-20)23(16)22)25(28)26(24(17)27)12-5-13-34(30-2,31-3)32-4;1-22-9-2-6-14-13(8-9)10-3-4-11-16-12(19(21)24-18(11)20)5-7-15(23-14)17(10)16;1-8-11(9-2,10-3)6-4-5-7;4*1-5-9(6-2,7-3)8-4;6*1-2;2*1-3-2/h6-11,14H,5,12-13H2,1-4H3;2-8H,1H3;4-7H2,1-3H3;4*5H2,1-4H3;6*1-2H3;;. The molecule has 0 radical (unpaired) electrons. The second-order valence-corrected chi connectivity index (χ2v) is 42.5. The van der Waals surface area contributed by atoms with Gasteiger partial charge in [-0.3, -0.25) is 32.0 Å². The number of pyridine rings is 1. The third-order valence-electron chi connectivity index (χ3n) is 18.1. The lowest BCUT2D eigenvalue weighted by Crippen LogP contribution is -2.43. The normalized spacial score (nSPS) is 10.8. The van der Waals surface area contributed by atoms with Gasteiger partial charge in [0.05, 0.1) is 25.0 Å². The Morgan fingerprint density at radius 1 is 0.293 bits per heavy atom. The molecule has 41 heteroatoms. The van der Waals surface area contributed by atoms with Crippen LogP contribution in [0.25, 0.3) is 87.0 Å². The van der Waals surface area contributed by atoms with Crippen molar-refractivity contribution in [1.29, 1.82) is 0 Å². The molecule has 0 fully saturated rings. The van der Waals surface area contributed by atoms with Crippen molar-refractivity contribution in [1.82, 2.24) is 4.57 Å². The lowest BCUT2D eigenvalue weighted by Gasteiger charge is -2.24. The zero-order valence-corrected chi connectivity index (χ0v) is 87.8. The third-order valence-corrected chi connectivity index (χ3v) is 34.7. The lowest BCUT2D eigenvalue weighted by atomic mass is 9.96. The van der Waals surface area contributed by atoms with Gasteiger partial charge < -0.3 is 108 Å². The number of hydrogen-bond acceptors (Lipinski definition) is 32. The summed E-state index contributed by atoms with van der Waals surface area (Å²) in [6.45, 7) is 32.8. The summed E-state index contributed by atoms with van der Waals surface area (Å²) in [7, 11) is 15.3. The summed E-state index contributed by atoms with van der Waals surface area (Å²) in [5, 5.41) is 7.96. The van der Waals surface area contributed by atoms with E-state index in [-0.39, 0.29) is 17.7 Å². The van der Waals surface area contributed by atoms with Crippen molar-refractivity contribution in [3.8, 4) is 11.5 Å². The van der Waals surface area contributed by atoms with Crippen molar-refractivity contribution in [3.63, 3.8) is 0 Å². The molecule has 0 amide bonds. The number of fused-ring (bicyclic) bond motifs is 4. The highest BCUT2D eigenvalue weighted by molar-refractivity contribution is 6.62. The van der Waals surface area contributed by atoms with Gasteiger partial charge in [-0.2, -0.15) is 0 Å². The van der Waals surface area contributed by atoms with Gasteiger partial charge in [0.2, 0.25) is 0 Å². The Kier molecular flexibility index (Phi) is 70.7. The quantitative estimate of drug-likeness (QED) is 0.0239. The molecule has 10 rings (SSSR count). The molecule has 123 heavy (non-hydrogen) atoms. The Balaban J connectivity index is -0.000000457. The number of nitrogens with zero attached hydrogens (tertiary/aromatic N) is 1. The van der Waals surface area contributed by atoms with Gasteiger partial charge in [-0.15, -0.1) is 0 Å². The minimum atomic E-state index is -2.80. The number of benzene rings is 6. The van der Waals surface area contributed by atoms with Gasteiger partial charge in [-0.1, -0.05) is 123 Å². The van der Waals surface area contributed by atoms with Crippen LogP contribution in [0.3, 0.4) is 0 Å². The summed E-state index contributed by atoms with van der Waals surface area (Å²) in [4.78, 5) is 50.9. The van der Waals surface area contributed by atoms with Crippen LogP contribution < -0.4 is 37.6 Å². The maximum atomic E-state index is 13.4. The molecular formula is C82H144N2O31Si8. The van der Waals surface area contributed by atoms with Crippen molar-refractivity contribution >= 4 is 158 Å². The van der Waals surface area contributed by atoms with Gasteiger partial charge in [0.25, 0.3) is 11.1 Å². The first-order valence-corrected chi connectivity index (χ1v) is 53.6. The molecular weight excluding hydrogens is 1730 g/mol. The minimum Gasteiger partial charge on any atom is -0.497 e. The topological polar surface area (TPSA) is 392 Å². The number of aromatic nitrogens is 1. The van der Waals surface area contributed by atoms with Crippen LogP contribution in [0.4, 0.5) is 0 Å². The first-order chi connectivity index (χ1) is 59.2. The van der Waals surface area contributed by atoms with Gasteiger partial charge in [0, 0.05) is 214 Å². The summed E-state index contributed by atoms with van der Waals surface area (Å²) >= 11 is 0. The Bertz CT molecular complexity index is 4490. The minimum absolute atomic E-state index is 0.240. The number of nitrogens with two attached hydrogens (primary N) is 1. The van der Waals surface area contributed by atoms with E-state index in [2.05, 4.69) is 0 Å². The van der Waals surface area contributed by atoms with Crippen molar-refractivity contribution < 1.29 is 120 Å². The van der Waals surface area contributed by atoms with E-state index in [4.69, 9.17) is 126 Å². The second-order valence-electron chi connectivity index (χ2n) is 22.8. The van der Waals surface area contributed by atoms with E-state index in [1.165, 1.54) is 4.57 Å². The fourth-order valence-electron chi connectivity index (χ4n) is 11.7. The zero-order valence-electron chi connectivity index (χ0n) is 79.8. The fraction of sp³-hybridized carbons (Fsp3) is 0.561. The van der Waals surface area contributed by atoms with E-state index in [9.17, 15) is 19.2 Å². The van der Waals surface area contributed by atoms with Crippen LogP contribution in [0.1, 0.15) is 124 Å². The average Bonchev–Trinajstić information content (AvgIpc) is 0.722. The van der Waals surface area contributed by atoms with Gasteiger partial charge >= 0.3 is 82.7 Å². The second kappa shape index (κ2) is 69.6. The molecule has 4 aromatic heterocycles. The predicted octanol–water partition coefficient (Wildman–Crippen LogP) is 16.5. The summed E-state index contributed by atoms with van der Waals surface area (Å²) in [5.74, 6) is 1.41. The van der Waals surface area contributed by atoms with E-state index >= 15 is 0 Å². The molecule has 700 valence electrons. The van der Waals surface area contributed by atoms with Crippen LogP contribution in [-0.2, 0) is 104 Å². The van der Waals surface area contributed by atoms with E-state index in [0.717, 1.165) is 69.0 Å². The molecule has 0 saturated heterocycles. The van der Waals surface area contributed by atoms with E-state index in [0.29, 0.717) is 85.2 Å². The number of ether oxygens (including phenoxy) is 2. The molecule has 10 aromatic rings. The molecule has 0 aliphatic rings. The Hall–Kier alpha value is -6.50. The summed E-state index contributed by atoms with van der Waals surface area (Å²) in [6, 6.07) is 29.8. The van der Waals surface area contributed by atoms with E-state index in [1.54, 1.807) is 179 Å². The first-order valence-electron chi connectivity index (χ1n) is 40.3. The smallest absolute Gasteiger partial charge is 0.497 e. The van der Waals surface area contributed by atoms with Crippen molar-refractivity contribution in [2.75, 3.05) is 149 Å². The van der Waals surface area contributed by atoms with Crippen molar-refractivity contribution in [2.24, 2.45) is 5.73 Å². The first kappa shape index (κ1) is 125. The van der Waals surface area contributed by atoms with Crippen LogP contribution >= 0.6 is 0 Å². The maximum absolute atomic E-state index is 13.4. The molecule has 2 N–H and O–H groups in total. The molecule has 0 unspecified atom stereocenters. The maximum Gasteiger partial charge on any atom is 0.549 e. The average molecular weight is 1880 g/mol. The molecule has 0 aliphatic carbocycles. The zero-order chi connectivity index (χ0) is 95.9. The van der Waals surface area contributed by atoms with E-state index < -0.39 is 82.7 Å². The lowest BCUT2D eigenvalue weighted by molar-refractivity contribution is 0.122. The third kappa shape index (κ3) is 35.2. The summed E-state index contributed by atoms with van der Waals surface area (Å²) < 4.78 is 155. The van der Waals surface area contributed by atoms with Gasteiger partial charge in [-0.25, -0.2) is 9.59 Å². The van der Waals surface area contributed by atoms with Crippen LogP contribution in [0.15, 0.2) is 117 Å². The molecule has 4 heterocycles. The van der Waals surface area contributed by atoms with Crippen molar-refractivity contribution in [3.05, 3.63) is 126 Å². The summed E-state index contributed by atoms with van der Waals surface area (Å²) in [6.07, 6.45) is 1.38. The van der Waals surface area contributed by atoms with Crippen LogP contribution in [0, 0.1) is 0 Å². The number of hydrogen-bond donors (Lipinski definition) is 1. The van der Waals surface area contributed by atoms with E-state index in [1.807, 2.05) is 159 Å². The Morgan fingerprint density at radius 3 is 0.764 bits per heavy atom. The van der Waals surface area contributed by atoms with Crippen LogP contribution in [0.5, 0.6) is 11.5 Å².